The van der Waals surface area contributed by atoms with E-state index in [2.05, 4.69) is 22.9 Å². The van der Waals surface area contributed by atoms with E-state index in [1.54, 1.807) is 0 Å². The molecule has 0 aromatic heterocycles. The van der Waals surface area contributed by atoms with Gasteiger partial charge in [-0.15, -0.1) is 0 Å². The second-order valence-electron chi connectivity index (χ2n) is 9.48. The molecular weight excluding hydrogens is 522 g/mol. The summed E-state index contributed by atoms with van der Waals surface area (Å²) in [7, 11) is 0. The van der Waals surface area contributed by atoms with E-state index >= 15 is 0 Å². The van der Waals surface area contributed by atoms with Crippen LogP contribution in [-0.4, -0.2) is 100 Å². The van der Waals surface area contributed by atoms with E-state index in [9.17, 15) is 24.3 Å². The fraction of sp³-hybridized carbons (Fsp3) is 0.852. The molecule has 2 unspecified atom stereocenters. The maximum Gasteiger partial charge on any atom is 0.326 e. The minimum Gasteiger partial charge on any atom is -0.480 e. The normalized spacial score (nSPS) is 12.5. The van der Waals surface area contributed by atoms with Gasteiger partial charge in [-0.05, 0) is 51.5 Å². The molecule has 0 radical (unpaired) electrons. The molecule has 3 amide bonds. The Kier molecular flexibility index (Phi) is 25.3. The van der Waals surface area contributed by atoms with Crippen LogP contribution in [0, 0.1) is 0 Å². The zero-order valence-corrected chi connectivity index (χ0v) is 24.3. The average molecular weight is 576 g/mol. The quantitative estimate of drug-likeness (QED) is 0.0710. The summed E-state index contributed by atoms with van der Waals surface area (Å²) in [6, 6.07) is -1.97. The Bertz CT molecular complexity index is 683. The van der Waals surface area contributed by atoms with Gasteiger partial charge in [-0.3, -0.25) is 14.4 Å². The van der Waals surface area contributed by atoms with Gasteiger partial charge in [-0.2, -0.15) is 0 Å². The fourth-order valence-corrected chi connectivity index (χ4v) is 3.67. The molecule has 2 atom stereocenters. The summed E-state index contributed by atoms with van der Waals surface area (Å²) in [6.07, 6.45) is 6.39. The third kappa shape index (κ3) is 22.5. The van der Waals surface area contributed by atoms with Gasteiger partial charge >= 0.3 is 5.97 Å². The highest BCUT2D eigenvalue weighted by Gasteiger charge is 2.26. The van der Waals surface area contributed by atoms with Crippen molar-refractivity contribution in [3.05, 3.63) is 0 Å². The lowest BCUT2D eigenvalue weighted by molar-refractivity contribution is -0.142. The van der Waals surface area contributed by atoms with Crippen molar-refractivity contribution in [3.63, 3.8) is 0 Å². The summed E-state index contributed by atoms with van der Waals surface area (Å²) in [6.45, 7) is 5.63. The van der Waals surface area contributed by atoms with Crippen LogP contribution in [0.2, 0.25) is 0 Å². The number of carbonyl (C=O) groups excluding carboxylic acids is 3. The Morgan fingerprint density at radius 1 is 0.675 bits per heavy atom. The van der Waals surface area contributed by atoms with Crippen LogP contribution < -0.4 is 27.4 Å². The molecule has 13 heteroatoms. The van der Waals surface area contributed by atoms with Crippen molar-refractivity contribution < 1.29 is 38.5 Å². The number of hydrogen-bond acceptors (Lipinski definition) is 9. The van der Waals surface area contributed by atoms with Gasteiger partial charge in [0.05, 0.1) is 39.6 Å². The molecule has 0 aromatic rings. The van der Waals surface area contributed by atoms with Crippen molar-refractivity contribution in [1.29, 1.82) is 0 Å². The second-order valence-corrected chi connectivity index (χ2v) is 9.48. The highest BCUT2D eigenvalue weighted by atomic mass is 16.5. The summed E-state index contributed by atoms with van der Waals surface area (Å²) in [5, 5.41) is 17.7. The average Bonchev–Trinajstić information content (AvgIpc) is 2.92. The number of carboxylic acid groups (broad SMARTS) is 1. The number of carbonyl (C=O) groups is 4. The van der Waals surface area contributed by atoms with Crippen LogP contribution in [0.4, 0.5) is 0 Å². The summed E-state index contributed by atoms with van der Waals surface area (Å²) >= 11 is 0. The van der Waals surface area contributed by atoms with Gasteiger partial charge in [0.1, 0.15) is 12.1 Å². The van der Waals surface area contributed by atoms with Crippen LogP contribution in [-0.2, 0) is 33.4 Å². The predicted octanol–water partition coefficient (Wildman–Crippen LogP) is 0.435. The van der Waals surface area contributed by atoms with Crippen molar-refractivity contribution in [3.8, 4) is 0 Å². The SMILES string of the molecule is CCCCCC(=O)NCCCCC(NC(=O)C(CCCCN)NC(=O)CCOCCOCCOCCN)C(=O)O. The Hall–Kier alpha value is -2.32. The first-order valence-corrected chi connectivity index (χ1v) is 14.6. The zero-order chi connectivity index (χ0) is 29.8. The van der Waals surface area contributed by atoms with Gasteiger partial charge in [0.15, 0.2) is 0 Å². The summed E-state index contributed by atoms with van der Waals surface area (Å²) in [4.78, 5) is 48.8. The highest BCUT2D eigenvalue weighted by Crippen LogP contribution is 2.06. The predicted molar refractivity (Wildman–Crippen MR) is 152 cm³/mol. The molecule has 13 nitrogen and oxygen atoms in total. The van der Waals surface area contributed by atoms with Gasteiger partial charge in [0.2, 0.25) is 17.7 Å². The number of nitrogens with two attached hydrogens (primary N) is 2. The van der Waals surface area contributed by atoms with Gasteiger partial charge in [0.25, 0.3) is 0 Å². The van der Waals surface area contributed by atoms with Gasteiger partial charge in [0, 0.05) is 25.9 Å². The van der Waals surface area contributed by atoms with Crippen molar-refractivity contribution in [2.45, 2.75) is 89.6 Å². The molecule has 0 aliphatic heterocycles. The van der Waals surface area contributed by atoms with Crippen LogP contribution in [0.5, 0.6) is 0 Å². The Morgan fingerprint density at radius 3 is 1.93 bits per heavy atom. The topological polar surface area (TPSA) is 204 Å². The molecular formula is C27H53N5O8. The van der Waals surface area contributed by atoms with E-state index in [0.29, 0.717) is 91.2 Å². The van der Waals surface area contributed by atoms with E-state index in [1.165, 1.54) is 0 Å². The summed E-state index contributed by atoms with van der Waals surface area (Å²) in [5.74, 6) is -2.07. The number of amides is 3. The summed E-state index contributed by atoms with van der Waals surface area (Å²) in [5.41, 5.74) is 10.9. The number of nitrogens with one attached hydrogen (secondary N) is 3. The molecule has 0 heterocycles. The first-order valence-electron chi connectivity index (χ1n) is 14.6. The van der Waals surface area contributed by atoms with Crippen LogP contribution >= 0.6 is 0 Å². The second kappa shape index (κ2) is 26.9. The monoisotopic (exact) mass is 575 g/mol. The fourth-order valence-electron chi connectivity index (χ4n) is 3.67. The standard InChI is InChI=1S/C27H53N5O8/c1-2-3-4-11-24(33)30-15-8-6-10-23(27(36)37)32-26(35)22(9-5-7-13-28)31-25(34)12-16-38-18-20-40-21-19-39-17-14-29/h22-23H,2-21,28-29H2,1H3,(H,30,33)(H,31,34)(H,32,35)(H,36,37). The molecule has 0 saturated heterocycles. The van der Waals surface area contributed by atoms with Crippen LogP contribution in [0.15, 0.2) is 0 Å². The third-order valence-corrected chi connectivity index (χ3v) is 5.94. The van der Waals surface area contributed by atoms with E-state index in [1.807, 2.05) is 0 Å². The molecule has 0 rings (SSSR count). The van der Waals surface area contributed by atoms with Crippen molar-refractivity contribution in [2.24, 2.45) is 11.5 Å². The Labute approximate surface area is 238 Å². The van der Waals surface area contributed by atoms with Gasteiger partial charge in [-0.1, -0.05) is 19.8 Å². The lowest BCUT2D eigenvalue weighted by Gasteiger charge is -2.21. The minimum absolute atomic E-state index is 0.00418. The Balaban J connectivity index is 4.46. The van der Waals surface area contributed by atoms with Crippen LogP contribution in [0.1, 0.15) is 77.6 Å². The third-order valence-electron chi connectivity index (χ3n) is 5.94. The first-order chi connectivity index (χ1) is 19.3. The molecule has 8 N–H and O–H groups in total. The smallest absolute Gasteiger partial charge is 0.326 e. The number of hydrogen-bond donors (Lipinski definition) is 6. The molecule has 0 bridgehead atoms. The molecule has 0 spiro atoms. The van der Waals surface area contributed by atoms with E-state index in [-0.39, 0.29) is 31.3 Å². The molecule has 0 aliphatic rings. The van der Waals surface area contributed by atoms with Crippen LogP contribution in [0.3, 0.4) is 0 Å². The molecule has 0 aliphatic carbocycles. The van der Waals surface area contributed by atoms with Crippen molar-refractivity contribution in [1.82, 2.24) is 16.0 Å². The molecule has 234 valence electrons. The van der Waals surface area contributed by atoms with Crippen molar-refractivity contribution >= 4 is 23.7 Å². The van der Waals surface area contributed by atoms with E-state index in [4.69, 9.17) is 25.7 Å². The lowest BCUT2D eigenvalue weighted by Crippen LogP contribution is -2.51. The van der Waals surface area contributed by atoms with E-state index < -0.39 is 24.0 Å². The molecule has 0 aromatic carbocycles. The van der Waals surface area contributed by atoms with Crippen LogP contribution in [0.25, 0.3) is 0 Å². The number of aliphatic carboxylic acids is 1. The van der Waals surface area contributed by atoms with Gasteiger partial charge in [-0.25, -0.2) is 4.79 Å². The van der Waals surface area contributed by atoms with E-state index in [0.717, 1.165) is 19.3 Å². The zero-order valence-electron chi connectivity index (χ0n) is 24.3. The molecule has 0 fully saturated rings. The lowest BCUT2D eigenvalue weighted by atomic mass is 10.1. The number of ether oxygens (including phenoxy) is 3. The maximum absolute atomic E-state index is 12.9. The van der Waals surface area contributed by atoms with Gasteiger partial charge < -0.3 is 46.7 Å². The summed E-state index contributed by atoms with van der Waals surface area (Å²) < 4.78 is 15.9. The minimum atomic E-state index is -1.15. The largest absolute Gasteiger partial charge is 0.480 e. The highest BCUT2D eigenvalue weighted by molar-refractivity contribution is 5.90. The Morgan fingerprint density at radius 2 is 1.30 bits per heavy atom. The number of carboxylic acids is 1. The maximum atomic E-state index is 12.9. The van der Waals surface area contributed by atoms with Crippen molar-refractivity contribution in [2.75, 3.05) is 59.3 Å². The number of unbranched alkanes of at least 4 members (excludes halogenated alkanes) is 4. The molecule has 40 heavy (non-hydrogen) atoms. The number of rotatable bonds is 28. The molecule has 0 saturated carbocycles. The first kappa shape index (κ1) is 37.7.